The molecule has 0 atom stereocenters. The van der Waals surface area contributed by atoms with Crippen LogP contribution in [0.4, 0.5) is 0 Å². The van der Waals surface area contributed by atoms with Crippen LogP contribution < -0.4 is 5.32 Å². The van der Waals surface area contributed by atoms with Gasteiger partial charge in [-0.15, -0.1) is 0 Å². The number of hydrogen-bond acceptors (Lipinski definition) is 4. The Kier molecular flexibility index (Phi) is 2.60. The van der Waals surface area contributed by atoms with E-state index in [1.54, 1.807) is 11.0 Å². The van der Waals surface area contributed by atoms with Crippen molar-refractivity contribution in [1.29, 1.82) is 0 Å². The van der Waals surface area contributed by atoms with Crippen LogP contribution in [0.5, 0.6) is 0 Å². The van der Waals surface area contributed by atoms with Crippen LogP contribution in [0.25, 0.3) is 5.82 Å². The Hall–Kier alpha value is -1.75. The zero-order valence-corrected chi connectivity index (χ0v) is 9.80. The molecule has 1 N–H and O–H groups in total. The lowest BCUT2D eigenvalue weighted by Crippen LogP contribution is -2.18. The standard InChI is InChI=1S/C12H15N5/c1-9-4-5-17(16-9)12-10(6-13-8-15-12)7-14-11-2-3-11/h4-6,8,11,14H,2-3,7H2,1H3. The first-order chi connectivity index (χ1) is 8.33. The van der Waals surface area contributed by atoms with Crippen LogP contribution in [-0.2, 0) is 6.54 Å². The fourth-order valence-electron chi connectivity index (χ4n) is 1.76. The van der Waals surface area contributed by atoms with Gasteiger partial charge in [-0.2, -0.15) is 5.10 Å². The first kappa shape index (κ1) is 10.4. The third-order valence-electron chi connectivity index (χ3n) is 2.86. The number of nitrogens with zero attached hydrogens (tertiary/aromatic N) is 4. The quantitative estimate of drug-likeness (QED) is 0.856. The molecule has 0 amide bonds. The minimum Gasteiger partial charge on any atom is -0.310 e. The van der Waals surface area contributed by atoms with E-state index in [0.29, 0.717) is 6.04 Å². The summed E-state index contributed by atoms with van der Waals surface area (Å²) in [6.07, 6.45) is 7.91. The average Bonchev–Trinajstić information content (AvgIpc) is 3.08. The van der Waals surface area contributed by atoms with Crippen LogP contribution in [0, 0.1) is 6.92 Å². The van der Waals surface area contributed by atoms with E-state index in [2.05, 4.69) is 20.4 Å². The first-order valence-corrected chi connectivity index (χ1v) is 5.88. The Morgan fingerprint density at radius 3 is 3.06 bits per heavy atom. The van der Waals surface area contributed by atoms with E-state index in [4.69, 9.17) is 0 Å². The second-order valence-electron chi connectivity index (χ2n) is 4.43. The van der Waals surface area contributed by atoms with Crippen molar-refractivity contribution in [2.75, 3.05) is 0 Å². The third-order valence-corrected chi connectivity index (χ3v) is 2.86. The second-order valence-corrected chi connectivity index (χ2v) is 4.43. The lowest BCUT2D eigenvalue weighted by molar-refractivity contribution is 0.672. The maximum atomic E-state index is 4.38. The number of hydrogen-bond donors (Lipinski definition) is 1. The molecule has 1 aliphatic rings. The van der Waals surface area contributed by atoms with Crippen molar-refractivity contribution >= 4 is 0 Å². The maximum absolute atomic E-state index is 4.38. The summed E-state index contributed by atoms with van der Waals surface area (Å²) in [5.41, 5.74) is 2.08. The Balaban J connectivity index is 1.86. The normalized spacial score (nSPS) is 15.1. The zero-order valence-electron chi connectivity index (χ0n) is 9.80. The molecule has 1 saturated carbocycles. The predicted molar refractivity (Wildman–Crippen MR) is 63.8 cm³/mol. The number of aryl methyl sites for hydroxylation is 1. The molecule has 0 unspecified atom stereocenters. The molecule has 0 aromatic carbocycles. The number of aromatic nitrogens is 4. The summed E-state index contributed by atoms with van der Waals surface area (Å²) in [5.74, 6) is 0.862. The van der Waals surface area contributed by atoms with Crippen molar-refractivity contribution in [3.05, 3.63) is 36.0 Å². The van der Waals surface area contributed by atoms with Crippen molar-refractivity contribution in [1.82, 2.24) is 25.1 Å². The molecule has 3 rings (SSSR count). The highest BCUT2D eigenvalue weighted by Crippen LogP contribution is 2.20. The Labute approximate surface area is 99.9 Å². The fraction of sp³-hybridized carbons (Fsp3) is 0.417. The lowest BCUT2D eigenvalue weighted by atomic mass is 10.3. The van der Waals surface area contributed by atoms with Crippen LogP contribution in [0.3, 0.4) is 0 Å². The van der Waals surface area contributed by atoms with Gasteiger partial charge in [-0.3, -0.25) is 0 Å². The van der Waals surface area contributed by atoms with Crippen molar-refractivity contribution in [2.45, 2.75) is 32.4 Å². The molecule has 17 heavy (non-hydrogen) atoms. The first-order valence-electron chi connectivity index (χ1n) is 5.88. The Morgan fingerprint density at radius 1 is 1.47 bits per heavy atom. The molecule has 0 saturated heterocycles. The molecule has 2 heterocycles. The number of rotatable bonds is 4. The zero-order chi connectivity index (χ0) is 11.7. The van der Waals surface area contributed by atoms with Gasteiger partial charge in [-0.1, -0.05) is 0 Å². The van der Waals surface area contributed by atoms with Crippen LogP contribution >= 0.6 is 0 Å². The van der Waals surface area contributed by atoms with Gasteiger partial charge in [0.1, 0.15) is 6.33 Å². The Morgan fingerprint density at radius 2 is 2.35 bits per heavy atom. The van der Waals surface area contributed by atoms with Gasteiger partial charge in [0, 0.05) is 30.5 Å². The average molecular weight is 229 g/mol. The minimum absolute atomic E-state index is 0.683. The summed E-state index contributed by atoms with van der Waals surface area (Å²) in [6.45, 7) is 2.78. The van der Waals surface area contributed by atoms with Gasteiger partial charge >= 0.3 is 0 Å². The predicted octanol–water partition coefficient (Wildman–Crippen LogP) is 1.22. The molecule has 5 heteroatoms. The summed E-state index contributed by atoms with van der Waals surface area (Å²) in [6, 6.07) is 2.66. The topological polar surface area (TPSA) is 55.6 Å². The van der Waals surface area contributed by atoms with Crippen LogP contribution in [0.2, 0.25) is 0 Å². The smallest absolute Gasteiger partial charge is 0.161 e. The fourth-order valence-corrected chi connectivity index (χ4v) is 1.76. The third kappa shape index (κ3) is 2.34. The monoisotopic (exact) mass is 229 g/mol. The van der Waals surface area contributed by atoms with E-state index in [-0.39, 0.29) is 0 Å². The van der Waals surface area contributed by atoms with Gasteiger partial charge in [-0.05, 0) is 25.8 Å². The molecule has 0 spiro atoms. The SMILES string of the molecule is Cc1ccn(-c2ncncc2CNC2CC2)n1. The summed E-state index contributed by atoms with van der Waals surface area (Å²) in [4.78, 5) is 8.39. The molecule has 0 radical (unpaired) electrons. The highest BCUT2D eigenvalue weighted by Gasteiger charge is 2.20. The van der Waals surface area contributed by atoms with Gasteiger partial charge in [0.25, 0.3) is 0 Å². The van der Waals surface area contributed by atoms with Crippen LogP contribution in [-0.4, -0.2) is 25.8 Å². The van der Waals surface area contributed by atoms with Crippen LogP contribution in [0.15, 0.2) is 24.8 Å². The van der Waals surface area contributed by atoms with Crippen molar-refractivity contribution in [3.8, 4) is 5.82 Å². The van der Waals surface area contributed by atoms with E-state index in [0.717, 1.165) is 23.6 Å². The molecule has 0 bridgehead atoms. The highest BCUT2D eigenvalue weighted by atomic mass is 15.3. The van der Waals surface area contributed by atoms with Gasteiger partial charge in [0.15, 0.2) is 5.82 Å². The van der Waals surface area contributed by atoms with E-state index in [1.165, 1.54) is 12.8 Å². The molecule has 5 nitrogen and oxygen atoms in total. The molecule has 1 fully saturated rings. The van der Waals surface area contributed by atoms with Gasteiger partial charge in [0.2, 0.25) is 0 Å². The molecular formula is C12H15N5. The summed E-state index contributed by atoms with van der Waals surface area (Å²) in [7, 11) is 0. The minimum atomic E-state index is 0.683. The molecule has 2 aromatic heterocycles. The largest absolute Gasteiger partial charge is 0.310 e. The summed E-state index contributed by atoms with van der Waals surface area (Å²) in [5, 5.41) is 7.85. The molecule has 2 aromatic rings. The van der Waals surface area contributed by atoms with Crippen molar-refractivity contribution in [2.24, 2.45) is 0 Å². The summed E-state index contributed by atoms with van der Waals surface area (Å²) >= 11 is 0. The van der Waals surface area contributed by atoms with E-state index >= 15 is 0 Å². The van der Waals surface area contributed by atoms with Gasteiger partial charge in [0.05, 0.1) is 5.69 Å². The van der Waals surface area contributed by atoms with E-state index in [1.807, 2.05) is 25.4 Å². The van der Waals surface area contributed by atoms with Gasteiger partial charge in [-0.25, -0.2) is 14.6 Å². The maximum Gasteiger partial charge on any atom is 0.161 e. The molecule has 0 aliphatic heterocycles. The van der Waals surface area contributed by atoms with Crippen LogP contribution in [0.1, 0.15) is 24.1 Å². The van der Waals surface area contributed by atoms with E-state index in [9.17, 15) is 0 Å². The van der Waals surface area contributed by atoms with Crippen molar-refractivity contribution < 1.29 is 0 Å². The lowest BCUT2D eigenvalue weighted by Gasteiger charge is -2.08. The second kappa shape index (κ2) is 4.25. The Bertz CT molecular complexity index is 515. The highest BCUT2D eigenvalue weighted by molar-refractivity contribution is 5.30. The molecule has 88 valence electrons. The number of nitrogens with one attached hydrogen (secondary N) is 1. The molecular weight excluding hydrogens is 214 g/mol. The van der Waals surface area contributed by atoms with Gasteiger partial charge < -0.3 is 5.32 Å². The molecule has 1 aliphatic carbocycles. The van der Waals surface area contributed by atoms with E-state index < -0.39 is 0 Å². The summed E-state index contributed by atoms with van der Waals surface area (Å²) < 4.78 is 1.81. The van der Waals surface area contributed by atoms with Crippen molar-refractivity contribution in [3.63, 3.8) is 0 Å².